The highest BCUT2D eigenvalue weighted by atomic mass is 16.5. The van der Waals surface area contributed by atoms with Crippen LogP contribution >= 0.6 is 0 Å². The van der Waals surface area contributed by atoms with Crippen LogP contribution in [0.15, 0.2) is 0 Å². The Morgan fingerprint density at radius 2 is 1.67 bits per heavy atom. The molecule has 3 aliphatic rings. The van der Waals surface area contributed by atoms with E-state index in [9.17, 15) is 24.6 Å². The first-order chi connectivity index (χ1) is 13.9. The molecule has 8 heteroatoms. The summed E-state index contributed by atoms with van der Waals surface area (Å²) in [5, 5.41) is 20.4. The maximum Gasteiger partial charge on any atom is 0.320 e. The van der Waals surface area contributed by atoms with E-state index in [0.29, 0.717) is 45.7 Å². The van der Waals surface area contributed by atoms with Gasteiger partial charge in [-0.25, -0.2) is 4.79 Å². The van der Waals surface area contributed by atoms with Crippen molar-refractivity contribution in [1.82, 2.24) is 9.80 Å². The molecule has 3 fully saturated rings. The van der Waals surface area contributed by atoms with Crippen molar-refractivity contribution in [1.29, 1.82) is 0 Å². The maximum absolute atomic E-state index is 13.1. The molecular weight excluding hydrogens is 388 g/mol. The summed E-state index contributed by atoms with van der Waals surface area (Å²) in [6, 6.07) is 0.217. The first-order valence-electron chi connectivity index (χ1n) is 11.0. The highest BCUT2D eigenvalue weighted by Gasteiger charge is 2.66. The molecule has 2 N–H and O–H groups in total. The Morgan fingerprint density at radius 1 is 1.07 bits per heavy atom. The van der Waals surface area contributed by atoms with Crippen molar-refractivity contribution in [3.05, 3.63) is 0 Å². The van der Waals surface area contributed by atoms with E-state index in [2.05, 4.69) is 0 Å². The van der Waals surface area contributed by atoms with Gasteiger partial charge in [-0.15, -0.1) is 0 Å². The van der Waals surface area contributed by atoms with Crippen molar-refractivity contribution >= 4 is 18.0 Å². The average molecular weight is 425 g/mol. The van der Waals surface area contributed by atoms with Crippen molar-refractivity contribution in [2.24, 2.45) is 22.2 Å². The van der Waals surface area contributed by atoms with Crippen LogP contribution in [0.5, 0.6) is 0 Å². The van der Waals surface area contributed by atoms with Gasteiger partial charge in [0.25, 0.3) is 0 Å². The molecule has 0 aromatic rings. The standard InChI is InChI=1S/C22H36N2O6/c1-20(2,3)22(18(27)28)8-7-15(13-21(22,4)17(25)26)14-24(16-5-6-16)19(29)23-9-11-30-12-10-23/h15-16H,5-14H2,1-4H3,(H,25,26)(H,27,28)/t15?,21-,22-/m1/s1. The lowest BCUT2D eigenvalue weighted by Gasteiger charge is -2.55. The van der Waals surface area contributed by atoms with Crippen molar-refractivity contribution in [2.75, 3.05) is 32.8 Å². The van der Waals surface area contributed by atoms with Crippen LogP contribution < -0.4 is 0 Å². The zero-order valence-corrected chi connectivity index (χ0v) is 18.6. The molecule has 2 aliphatic carbocycles. The number of ether oxygens (including phenoxy) is 1. The summed E-state index contributed by atoms with van der Waals surface area (Å²) >= 11 is 0. The van der Waals surface area contributed by atoms with E-state index in [0.717, 1.165) is 12.8 Å². The van der Waals surface area contributed by atoms with Crippen molar-refractivity contribution < 1.29 is 29.3 Å². The van der Waals surface area contributed by atoms with Gasteiger partial charge in [0.15, 0.2) is 0 Å². The van der Waals surface area contributed by atoms with E-state index < -0.39 is 28.2 Å². The van der Waals surface area contributed by atoms with Crippen LogP contribution in [0.2, 0.25) is 0 Å². The van der Waals surface area contributed by atoms with Crippen LogP contribution in [-0.4, -0.2) is 76.9 Å². The first kappa shape index (κ1) is 22.8. The average Bonchev–Trinajstić information content (AvgIpc) is 3.50. The summed E-state index contributed by atoms with van der Waals surface area (Å²) < 4.78 is 5.35. The number of rotatable bonds is 5. The van der Waals surface area contributed by atoms with Crippen LogP contribution in [-0.2, 0) is 14.3 Å². The fraction of sp³-hybridized carbons (Fsp3) is 0.864. The molecule has 0 radical (unpaired) electrons. The number of nitrogens with zero attached hydrogens (tertiary/aromatic N) is 2. The first-order valence-corrected chi connectivity index (χ1v) is 11.0. The van der Waals surface area contributed by atoms with Crippen molar-refractivity contribution in [2.45, 2.75) is 65.8 Å². The van der Waals surface area contributed by atoms with Gasteiger partial charge in [0.05, 0.1) is 24.0 Å². The summed E-state index contributed by atoms with van der Waals surface area (Å²) in [5.74, 6) is -2.14. The quantitative estimate of drug-likeness (QED) is 0.703. The van der Waals surface area contributed by atoms with Crippen LogP contribution in [0.4, 0.5) is 4.79 Å². The molecule has 0 spiro atoms. The summed E-state index contributed by atoms with van der Waals surface area (Å²) in [6.45, 7) is 9.77. The normalized spacial score (nSPS) is 32.5. The molecular formula is C22H36N2O6. The molecule has 0 aromatic carbocycles. The third-order valence-electron chi connectivity index (χ3n) is 7.65. The molecule has 30 heavy (non-hydrogen) atoms. The van der Waals surface area contributed by atoms with Crippen LogP contribution in [0, 0.1) is 22.2 Å². The molecule has 8 nitrogen and oxygen atoms in total. The lowest BCUT2D eigenvalue weighted by Crippen LogP contribution is -2.61. The third kappa shape index (κ3) is 3.79. The molecule has 2 amide bonds. The number of hydrogen-bond acceptors (Lipinski definition) is 4. The Hall–Kier alpha value is -1.83. The van der Waals surface area contributed by atoms with E-state index in [1.165, 1.54) is 0 Å². The summed E-state index contributed by atoms with van der Waals surface area (Å²) in [7, 11) is 0. The number of aliphatic carboxylic acids is 2. The molecule has 2 saturated carbocycles. The highest BCUT2D eigenvalue weighted by Crippen LogP contribution is 2.61. The molecule has 0 aromatic heterocycles. The Morgan fingerprint density at radius 3 is 2.13 bits per heavy atom. The van der Waals surface area contributed by atoms with Gasteiger partial charge in [-0.3, -0.25) is 9.59 Å². The van der Waals surface area contributed by atoms with E-state index in [4.69, 9.17) is 4.74 Å². The summed E-state index contributed by atoms with van der Waals surface area (Å²) in [4.78, 5) is 41.7. The Labute approximate surface area is 178 Å². The Bertz CT molecular complexity index is 694. The predicted octanol–water partition coefficient (Wildman–Crippen LogP) is 2.91. The predicted molar refractivity (Wildman–Crippen MR) is 110 cm³/mol. The minimum Gasteiger partial charge on any atom is -0.481 e. The minimum atomic E-state index is -1.41. The summed E-state index contributed by atoms with van der Waals surface area (Å²) in [5.41, 5.74) is -3.48. The molecule has 3 atom stereocenters. The zero-order valence-electron chi connectivity index (χ0n) is 18.6. The van der Waals surface area contributed by atoms with E-state index in [1.54, 1.807) is 6.92 Å². The van der Waals surface area contributed by atoms with Gasteiger partial charge in [-0.05, 0) is 50.4 Å². The number of morpholine rings is 1. The Kier molecular flexibility index (Phi) is 6.11. The largest absolute Gasteiger partial charge is 0.481 e. The van der Waals surface area contributed by atoms with Gasteiger partial charge < -0.3 is 24.7 Å². The molecule has 0 bridgehead atoms. The fourth-order valence-corrected chi connectivity index (χ4v) is 5.83. The second-order valence-electron chi connectivity index (χ2n) is 10.5. The fourth-order valence-electron chi connectivity index (χ4n) is 5.83. The van der Waals surface area contributed by atoms with Crippen molar-refractivity contribution in [3.63, 3.8) is 0 Å². The molecule has 1 heterocycles. The second kappa shape index (κ2) is 8.02. The second-order valence-corrected chi connectivity index (χ2v) is 10.5. The van der Waals surface area contributed by atoms with Gasteiger partial charge >= 0.3 is 18.0 Å². The van der Waals surface area contributed by atoms with Crippen LogP contribution in [0.1, 0.15) is 59.8 Å². The topological polar surface area (TPSA) is 107 Å². The van der Waals surface area contributed by atoms with Gasteiger partial charge in [0, 0.05) is 25.7 Å². The minimum absolute atomic E-state index is 0.00345. The van der Waals surface area contributed by atoms with Gasteiger partial charge in [-0.2, -0.15) is 0 Å². The zero-order chi connectivity index (χ0) is 22.3. The van der Waals surface area contributed by atoms with Gasteiger partial charge in [-0.1, -0.05) is 20.8 Å². The highest BCUT2D eigenvalue weighted by molar-refractivity contribution is 5.87. The van der Waals surface area contributed by atoms with E-state index >= 15 is 0 Å². The number of carbonyl (C=O) groups is 3. The van der Waals surface area contributed by atoms with E-state index in [-0.39, 0.29) is 24.4 Å². The number of urea groups is 1. The molecule has 1 saturated heterocycles. The monoisotopic (exact) mass is 424 g/mol. The number of amides is 2. The number of carboxylic acids is 2. The number of carboxylic acid groups (broad SMARTS) is 2. The smallest absolute Gasteiger partial charge is 0.320 e. The lowest BCUT2D eigenvalue weighted by atomic mass is 9.46. The third-order valence-corrected chi connectivity index (χ3v) is 7.65. The number of hydrogen-bond donors (Lipinski definition) is 2. The Balaban J connectivity index is 1.82. The SMILES string of the molecule is CC(C)(C)[C@]1(C(=O)O)CCC(CN(C(=O)N2CCOCC2)C2CC2)C[C@]1(C)C(=O)O. The number of carbonyl (C=O) groups excluding carboxylic acids is 1. The molecule has 1 aliphatic heterocycles. The van der Waals surface area contributed by atoms with Gasteiger partial charge in [0.2, 0.25) is 0 Å². The lowest BCUT2D eigenvalue weighted by molar-refractivity contribution is -0.195. The summed E-state index contributed by atoms with van der Waals surface area (Å²) in [6.07, 6.45) is 3.10. The van der Waals surface area contributed by atoms with Crippen molar-refractivity contribution in [3.8, 4) is 0 Å². The molecule has 170 valence electrons. The maximum atomic E-state index is 13.1. The van der Waals surface area contributed by atoms with Gasteiger partial charge in [0.1, 0.15) is 0 Å². The van der Waals surface area contributed by atoms with Crippen LogP contribution in [0.25, 0.3) is 0 Å². The van der Waals surface area contributed by atoms with E-state index in [1.807, 2.05) is 30.6 Å². The molecule has 1 unspecified atom stereocenters. The van der Waals surface area contributed by atoms with Crippen LogP contribution in [0.3, 0.4) is 0 Å². The molecule has 3 rings (SSSR count).